The molecular formula is C19H23N3O3. The normalized spacial score (nSPS) is 19.4. The van der Waals surface area contributed by atoms with Crippen LogP contribution in [-0.4, -0.2) is 42.3 Å². The Labute approximate surface area is 147 Å². The molecule has 132 valence electrons. The summed E-state index contributed by atoms with van der Waals surface area (Å²) in [6, 6.07) is 11.5. The first kappa shape index (κ1) is 17.2. The second-order valence-electron chi connectivity index (χ2n) is 6.76. The zero-order chi connectivity index (χ0) is 17.9. The summed E-state index contributed by atoms with van der Waals surface area (Å²) in [7, 11) is 0. The van der Waals surface area contributed by atoms with Gasteiger partial charge in [-0.15, -0.1) is 0 Å². The number of morpholine rings is 1. The summed E-state index contributed by atoms with van der Waals surface area (Å²) < 4.78 is 12.0. The Balaban J connectivity index is 1.76. The molecule has 6 nitrogen and oxygen atoms in total. The van der Waals surface area contributed by atoms with Gasteiger partial charge in [-0.1, -0.05) is 18.2 Å². The highest BCUT2D eigenvalue weighted by atomic mass is 16.5. The monoisotopic (exact) mass is 341 g/mol. The number of rotatable bonds is 5. The van der Waals surface area contributed by atoms with Crippen molar-refractivity contribution in [2.24, 2.45) is 5.73 Å². The molecule has 1 aliphatic rings. The Morgan fingerprint density at radius 2 is 2.12 bits per heavy atom. The Morgan fingerprint density at radius 1 is 1.36 bits per heavy atom. The smallest absolute Gasteiger partial charge is 0.252 e. The first-order valence-corrected chi connectivity index (χ1v) is 8.29. The number of hydrogen-bond acceptors (Lipinski definition) is 5. The molecule has 1 aromatic heterocycles. The number of primary amides is 1. The van der Waals surface area contributed by atoms with Crippen LogP contribution in [0.25, 0.3) is 0 Å². The maximum absolute atomic E-state index is 11.7. The first-order chi connectivity index (χ1) is 11.9. The van der Waals surface area contributed by atoms with Crippen molar-refractivity contribution in [3.63, 3.8) is 0 Å². The molecule has 1 fully saturated rings. The Bertz CT molecular complexity index is 734. The number of anilines is 1. The minimum Gasteiger partial charge on any atom is -0.491 e. The first-order valence-electron chi connectivity index (χ1n) is 8.29. The number of aromatic nitrogens is 1. The van der Waals surface area contributed by atoms with Gasteiger partial charge in [-0.05, 0) is 32.0 Å². The van der Waals surface area contributed by atoms with Crippen LogP contribution < -0.4 is 15.4 Å². The number of carbonyl (C=O) groups excluding carboxylic acids is 1. The molecule has 1 aromatic carbocycles. The third-order valence-electron chi connectivity index (χ3n) is 4.06. The molecule has 0 aliphatic carbocycles. The van der Waals surface area contributed by atoms with Crippen molar-refractivity contribution >= 4 is 11.6 Å². The zero-order valence-electron chi connectivity index (χ0n) is 14.5. The van der Waals surface area contributed by atoms with Gasteiger partial charge >= 0.3 is 0 Å². The van der Waals surface area contributed by atoms with Crippen LogP contribution >= 0.6 is 0 Å². The maximum Gasteiger partial charge on any atom is 0.252 e. The van der Waals surface area contributed by atoms with E-state index in [-0.39, 0.29) is 11.7 Å². The number of nitrogens with two attached hydrogens (primary N) is 1. The predicted molar refractivity (Wildman–Crippen MR) is 95.9 cm³/mol. The van der Waals surface area contributed by atoms with E-state index in [9.17, 15) is 4.79 Å². The van der Waals surface area contributed by atoms with Gasteiger partial charge in [0.15, 0.2) is 0 Å². The molecule has 2 aromatic rings. The standard InChI is InChI=1S/C19H23N3O3/c1-19(2)13-22(17-8-9-21-10-16(17)18(20)23)11-15(25-19)12-24-14-6-4-3-5-7-14/h3-10,15H,11-13H2,1-2H3,(H2,20,23)/t15-/m0/s1. The molecule has 0 radical (unpaired) electrons. The molecule has 1 saturated heterocycles. The van der Waals surface area contributed by atoms with Crippen molar-refractivity contribution in [2.45, 2.75) is 25.6 Å². The molecule has 2 heterocycles. The van der Waals surface area contributed by atoms with Crippen LogP contribution in [0.5, 0.6) is 5.75 Å². The Morgan fingerprint density at radius 3 is 2.84 bits per heavy atom. The lowest BCUT2D eigenvalue weighted by molar-refractivity contribution is -0.0970. The number of amides is 1. The summed E-state index contributed by atoms with van der Waals surface area (Å²) in [5, 5.41) is 0. The quantitative estimate of drug-likeness (QED) is 0.902. The fourth-order valence-corrected chi connectivity index (χ4v) is 3.12. The molecular weight excluding hydrogens is 318 g/mol. The van der Waals surface area contributed by atoms with Gasteiger partial charge in [0.25, 0.3) is 5.91 Å². The average molecular weight is 341 g/mol. The van der Waals surface area contributed by atoms with E-state index >= 15 is 0 Å². The van der Waals surface area contributed by atoms with Crippen LogP contribution in [0, 0.1) is 0 Å². The molecule has 1 aliphatic heterocycles. The van der Waals surface area contributed by atoms with Gasteiger partial charge in [0.05, 0.1) is 16.9 Å². The molecule has 6 heteroatoms. The topological polar surface area (TPSA) is 77.7 Å². The second-order valence-corrected chi connectivity index (χ2v) is 6.76. The fourth-order valence-electron chi connectivity index (χ4n) is 3.12. The van der Waals surface area contributed by atoms with Crippen LogP contribution in [0.3, 0.4) is 0 Å². The summed E-state index contributed by atoms with van der Waals surface area (Å²) in [4.78, 5) is 17.8. The van der Waals surface area contributed by atoms with Gasteiger partial charge in [0.2, 0.25) is 0 Å². The Hall–Kier alpha value is -2.60. The van der Waals surface area contributed by atoms with Gasteiger partial charge in [0.1, 0.15) is 18.5 Å². The highest BCUT2D eigenvalue weighted by molar-refractivity contribution is 5.98. The molecule has 0 spiro atoms. The van der Waals surface area contributed by atoms with E-state index in [0.29, 0.717) is 25.3 Å². The van der Waals surface area contributed by atoms with Crippen LogP contribution in [-0.2, 0) is 4.74 Å². The molecule has 3 rings (SSSR count). The number of benzene rings is 1. The molecule has 0 bridgehead atoms. The van der Waals surface area contributed by atoms with Crippen molar-refractivity contribution in [1.82, 2.24) is 4.98 Å². The minimum absolute atomic E-state index is 0.127. The predicted octanol–water partition coefficient (Wildman–Crippen LogP) is 2.24. The van der Waals surface area contributed by atoms with Crippen LogP contribution in [0.2, 0.25) is 0 Å². The van der Waals surface area contributed by atoms with Crippen molar-refractivity contribution in [3.8, 4) is 5.75 Å². The van der Waals surface area contributed by atoms with Crippen molar-refractivity contribution in [2.75, 3.05) is 24.6 Å². The van der Waals surface area contributed by atoms with Crippen molar-refractivity contribution in [1.29, 1.82) is 0 Å². The van der Waals surface area contributed by atoms with Gasteiger partial charge in [-0.3, -0.25) is 9.78 Å². The van der Waals surface area contributed by atoms with E-state index in [1.165, 1.54) is 6.20 Å². The van der Waals surface area contributed by atoms with Gasteiger partial charge in [0, 0.05) is 25.5 Å². The largest absolute Gasteiger partial charge is 0.491 e. The molecule has 2 N–H and O–H groups in total. The highest BCUT2D eigenvalue weighted by Crippen LogP contribution is 2.28. The Kier molecular flexibility index (Phi) is 4.90. The summed E-state index contributed by atoms with van der Waals surface area (Å²) in [5.41, 5.74) is 6.32. The van der Waals surface area contributed by atoms with Crippen molar-refractivity contribution < 1.29 is 14.3 Å². The number of para-hydroxylation sites is 1. The van der Waals surface area contributed by atoms with E-state index in [1.54, 1.807) is 6.20 Å². The van der Waals surface area contributed by atoms with Crippen molar-refractivity contribution in [3.05, 3.63) is 54.4 Å². The van der Waals surface area contributed by atoms with E-state index in [1.807, 2.05) is 50.2 Å². The molecule has 1 amide bonds. The van der Waals surface area contributed by atoms with Gasteiger partial charge < -0.3 is 20.1 Å². The van der Waals surface area contributed by atoms with E-state index in [2.05, 4.69) is 9.88 Å². The van der Waals surface area contributed by atoms with Crippen LogP contribution in [0.15, 0.2) is 48.8 Å². The number of nitrogens with zero attached hydrogens (tertiary/aromatic N) is 2. The zero-order valence-corrected chi connectivity index (χ0v) is 14.5. The van der Waals surface area contributed by atoms with Crippen LogP contribution in [0.1, 0.15) is 24.2 Å². The maximum atomic E-state index is 11.7. The second kappa shape index (κ2) is 7.11. The third kappa shape index (κ3) is 4.28. The average Bonchev–Trinajstić information content (AvgIpc) is 2.59. The third-order valence-corrected chi connectivity index (χ3v) is 4.06. The highest BCUT2D eigenvalue weighted by Gasteiger charge is 2.35. The molecule has 0 saturated carbocycles. The van der Waals surface area contributed by atoms with E-state index in [0.717, 1.165) is 11.4 Å². The lowest BCUT2D eigenvalue weighted by atomic mass is 10.0. The van der Waals surface area contributed by atoms with Crippen LogP contribution in [0.4, 0.5) is 5.69 Å². The fraction of sp³-hybridized carbons (Fsp3) is 0.368. The number of pyridine rings is 1. The lowest BCUT2D eigenvalue weighted by Crippen LogP contribution is -2.54. The number of ether oxygens (including phenoxy) is 2. The number of hydrogen-bond donors (Lipinski definition) is 1. The van der Waals surface area contributed by atoms with E-state index in [4.69, 9.17) is 15.2 Å². The number of carbonyl (C=O) groups is 1. The van der Waals surface area contributed by atoms with Gasteiger partial charge in [-0.25, -0.2) is 0 Å². The lowest BCUT2D eigenvalue weighted by Gasteiger charge is -2.44. The molecule has 1 atom stereocenters. The molecule has 25 heavy (non-hydrogen) atoms. The summed E-state index contributed by atoms with van der Waals surface area (Å²) in [5.74, 6) is 0.326. The summed E-state index contributed by atoms with van der Waals surface area (Å²) in [6.45, 7) is 5.75. The minimum atomic E-state index is -0.482. The van der Waals surface area contributed by atoms with E-state index < -0.39 is 5.91 Å². The SMILES string of the molecule is CC1(C)CN(c2ccncc2C(N)=O)C[C@@H](COc2ccccc2)O1. The summed E-state index contributed by atoms with van der Waals surface area (Å²) >= 11 is 0. The summed E-state index contributed by atoms with van der Waals surface area (Å²) in [6.07, 6.45) is 3.05. The molecule has 0 unspecified atom stereocenters. The van der Waals surface area contributed by atoms with Gasteiger partial charge in [-0.2, -0.15) is 0 Å².